The quantitative estimate of drug-likeness (QED) is 0.749. The van der Waals surface area contributed by atoms with E-state index in [1.54, 1.807) is 12.1 Å². The van der Waals surface area contributed by atoms with Crippen LogP contribution in [0.5, 0.6) is 0 Å². The van der Waals surface area contributed by atoms with Gasteiger partial charge in [-0.1, -0.05) is 6.07 Å². The summed E-state index contributed by atoms with van der Waals surface area (Å²) in [7, 11) is 0. The zero-order valence-electron chi connectivity index (χ0n) is 12.3. The van der Waals surface area contributed by atoms with Gasteiger partial charge in [-0.3, -0.25) is 14.4 Å². The van der Waals surface area contributed by atoms with E-state index in [1.165, 1.54) is 0 Å². The van der Waals surface area contributed by atoms with Crippen LogP contribution in [0.4, 0.5) is 0 Å². The smallest absolute Gasteiger partial charge is 0.250 e. The van der Waals surface area contributed by atoms with E-state index in [1.807, 2.05) is 15.5 Å². The van der Waals surface area contributed by atoms with E-state index < -0.39 is 0 Å². The Morgan fingerprint density at radius 3 is 2.91 bits per heavy atom. The molecule has 3 rings (SSSR count). The molecule has 3 heterocycles. The fourth-order valence-corrected chi connectivity index (χ4v) is 3.50. The molecule has 0 aromatic carbocycles. The number of rotatable bonds is 3. The Hall–Kier alpha value is -2.15. The number of carbonyl (C=O) groups is 2. The topological polar surface area (TPSA) is 97.4 Å². The Morgan fingerprint density at radius 2 is 2.14 bits per heavy atom. The molecule has 2 aliphatic heterocycles. The standard InChI is InChI=1S/C15H20N4O3/c16-8-13(20)17-9-15(22)18-5-4-11-7-12(18)6-10-2-1-3-14(21)19(10)11/h1-3,11-12H,4-9,16H2,(H,17,20). The Kier molecular flexibility index (Phi) is 3.98. The van der Waals surface area contributed by atoms with Crippen molar-refractivity contribution in [1.29, 1.82) is 0 Å². The molecular weight excluding hydrogens is 284 g/mol. The summed E-state index contributed by atoms with van der Waals surface area (Å²) < 4.78 is 1.87. The molecule has 0 spiro atoms. The van der Waals surface area contributed by atoms with Crippen LogP contribution in [0.25, 0.3) is 0 Å². The van der Waals surface area contributed by atoms with Crippen LogP contribution in [0.1, 0.15) is 24.6 Å². The summed E-state index contributed by atoms with van der Waals surface area (Å²) >= 11 is 0. The molecule has 0 radical (unpaired) electrons. The number of hydrogen-bond acceptors (Lipinski definition) is 4. The number of carbonyl (C=O) groups excluding carboxylic acids is 2. The van der Waals surface area contributed by atoms with Crippen molar-refractivity contribution in [2.75, 3.05) is 19.6 Å². The van der Waals surface area contributed by atoms with Crippen molar-refractivity contribution in [3.05, 3.63) is 34.2 Å². The minimum absolute atomic E-state index is 0.0151. The molecule has 2 unspecified atom stereocenters. The van der Waals surface area contributed by atoms with E-state index in [4.69, 9.17) is 5.73 Å². The highest BCUT2D eigenvalue weighted by Gasteiger charge is 2.37. The van der Waals surface area contributed by atoms with E-state index in [9.17, 15) is 14.4 Å². The minimum atomic E-state index is -0.330. The van der Waals surface area contributed by atoms with E-state index in [2.05, 4.69) is 5.32 Å². The Morgan fingerprint density at radius 1 is 1.32 bits per heavy atom. The monoisotopic (exact) mass is 304 g/mol. The van der Waals surface area contributed by atoms with Crippen molar-refractivity contribution in [1.82, 2.24) is 14.8 Å². The Bertz CT molecular complexity index is 654. The lowest BCUT2D eigenvalue weighted by molar-refractivity contribution is -0.136. The van der Waals surface area contributed by atoms with Crippen molar-refractivity contribution in [2.24, 2.45) is 5.73 Å². The first kappa shape index (κ1) is 14.8. The first-order valence-electron chi connectivity index (χ1n) is 7.57. The number of fused-ring (bicyclic) bond motifs is 4. The number of amides is 2. The van der Waals surface area contributed by atoms with Gasteiger partial charge in [0.05, 0.1) is 13.1 Å². The average Bonchev–Trinajstić information content (AvgIpc) is 2.52. The molecule has 118 valence electrons. The van der Waals surface area contributed by atoms with E-state index >= 15 is 0 Å². The summed E-state index contributed by atoms with van der Waals surface area (Å²) in [6.07, 6.45) is 2.25. The van der Waals surface area contributed by atoms with Gasteiger partial charge in [-0.05, 0) is 18.9 Å². The molecule has 1 aromatic rings. The zero-order valence-corrected chi connectivity index (χ0v) is 12.3. The van der Waals surface area contributed by atoms with E-state index in [0.29, 0.717) is 13.0 Å². The van der Waals surface area contributed by atoms with Gasteiger partial charge in [0.2, 0.25) is 11.8 Å². The van der Waals surface area contributed by atoms with Gasteiger partial charge in [0.1, 0.15) is 0 Å². The van der Waals surface area contributed by atoms with Gasteiger partial charge in [0.15, 0.2) is 0 Å². The number of pyridine rings is 1. The highest BCUT2D eigenvalue weighted by atomic mass is 16.2. The van der Waals surface area contributed by atoms with Gasteiger partial charge >= 0.3 is 0 Å². The molecule has 2 bridgehead atoms. The second-order valence-electron chi connectivity index (χ2n) is 5.83. The van der Waals surface area contributed by atoms with Gasteiger partial charge in [-0.15, -0.1) is 0 Å². The summed E-state index contributed by atoms with van der Waals surface area (Å²) in [4.78, 5) is 37.3. The van der Waals surface area contributed by atoms with Crippen LogP contribution in [-0.2, 0) is 16.0 Å². The number of nitrogens with one attached hydrogen (secondary N) is 1. The highest BCUT2D eigenvalue weighted by Crippen LogP contribution is 2.33. The number of nitrogens with zero attached hydrogens (tertiary/aromatic N) is 2. The van der Waals surface area contributed by atoms with Gasteiger partial charge in [0, 0.05) is 36.8 Å². The summed E-state index contributed by atoms with van der Waals surface area (Å²) in [5.74, 6) is -0.416. The number of piperidine rings is 1. The van der Waals surface area contributed by atoms with Crippen molar-refractivity contribution in [2.45, 2.75) is 31.3 Å². The average molecular weight is 304 g/mol. The maximum Gasteiger partial charge on any atom is 0.250 e. The van der Waals surface area contributed by atoms with Crippen LogP contribution >= 0.6 is 0 Å². The summed E-state index contributed by atoms with van der Waals surface area (Å²) in [6.45, 7) is 0.487. The molecule has 0 saturated carbocycles. The summed E-state index contributed by atoms with van der Waals surface area (Å²) in [5, 5.41) is 2.52. The van der Waals surface area contributed by atoms with Crippen LogP contribution < -0.4 is 16.6 Å². The number of likely N-dealkylation sites (tertiary alicyclic amines) is 1. The molecule has 3 N–H and O–H groups in total. The van der Waals surface area contributed by atoms with Crippen molar-refractivity contribution in [3.8, 4) is 0 Å². The summed E-state index contributed by atoms with van der Waals surface area (Å²) in [5.41, 5.74) is 6.24. The van der Waals surface area contributed by atoms with Crippen LogP contribution in [0.2, 0.25) is 0 Å². The second kappa shape index (κ2) is 5.92. The molecule has 7 nitrogen and oxygen atoms in total. The van der Waals surface area contributed by atoms with Gasteiger partial charge < -0.3 is 20.5 Å². The van der Waals surface area contributed by atoms with Crippen LogP contribution in [0.3, 0.4) is 0 Å². The molecule has 1 aromatic heterocycles. The predicted molar refractivity (Wildman–Crippen MR) is 80.2 cm³/mol. The Balaban J connectivity index is 1.73. The fourth-order valence-electron chi connectivity index (χ4n) is 3.50. The van der Waals surface area contributed by atoms with Crippen LogP contribution in [-0.4, -0.2) is 47.0 Å². The molecule has 2 aliphatic rings. The lowest BCUT2D eigenvalue weighted by Gasteiger charge is -2.44. The third kappa shape index (κ3) is 2.64. The van der Waals surface area contributed by atoms with Gasteiger partial charge in [-0.2, -0.15) is 0 Å². The Labute approximate surface area is 128 Å². The summed E-state index contributed by atoms with van der Waals surface area (Å²) in [6, 6.07) is 5.57. The zero-order chi connectivity index (χ0) is 15.7. The third-order valence-electron chi connectivity index (χ3n) is 4.51. The van der Waals surface area contributed by atoms with Crippen LogP contribution in [0, 0.1) is 0 Å². The maximum atomic E-state index is 12.3. The lowest BCUT2D eigenvalue weighted by Crippen LogP contribution is -2.54. The van der Waals surface area contributed by atoms with Gasteiger partial charge in [-0.25, -0.2) is 0 Å². The molecular formula is C15H20N4O3. The molecule has 0 aliphatic carbocycles. The van der Waals surface area contributed by atoms with E-state index in [0.717, 1.165) is 18.5 Å². The van der Waals surface area contributed by atoms with Crippen molar-refractivity contribution >= 4 is 11.8 Å². The molecule has 2 atom stereocenters. The molecule has 22 heavy (non-hydrogen) atoms. The number of aromatic nitrogens is 1. The van der Waals surface area contributed by atoms with Crippen LogP contribution in [0.15, 0.2) is 23.0 Å². The first-order valence-corrected chi connectivity index (χ1v) is 7.57. The van der Waals surface area contributed by atoms with E-state index in [-0.39, 0.29) is 42.5 Å². The molecule has 1 fully saturated rings. The molecule has 2 amide bonds. The van der Waals surface area contributed by atoms with Gasteiger partial charge in [0.25, 0.3) is 5.56 Å². The maximum absolute atomic E-state index is 12.3. The third-order valence-corrected chi connectivity index (χ3v) is 4.51. The fraction of sp³-hybridized carbons (Fsp3) is 0.533. The normalized spacial score (nSPS) is 22.9. The predicted octanol–water partition coefficient (Wildman–Crippen LogP) is -0.989. The van der Waals surface area contributed by atoms with Crippen molar-refractivity contribution in [3.63, 3.8) is 0 Å². The minimum Gasteiger partial charge on any atom is -0.346 e. The second-order valence-corrected chi connectivity index (χ2v) is 5.83. The molecule has 1 saturated heterocycles. The number of nitrogens with two attached hydrogens (primary N) is 1. The largest absolute Gasteiger partial charge is 0.346 e. The first-order chi connectivity index (χ1) is 10.6. The van der Waals surface area contributed by atoms with Crippen molar-refractivity contribution < 1.29 is 9.59 Å². The SMILES string of the molecule is NCC(=O)NCC(=O)N1CCC2CC1Cc1cccc(=O)n12. The number of hydrogen-bond donors (Lipinski definition) is 2. The molecule has 7 heteroatoms. The lowest BCUT2D eigenvalue weighted by atomic mass is 9.89. The highest BCUT2D eigenvalue weighted by molar-refractivity contribution is 5.85.